The molecule has 0 atom stereocenters. The monoisotopic (exact) mass is 148 g/mol. The van der Waals surface area contributed by atoms with E-state index in [9.17, 15) is 9.59 Å². The number of Topliss-reactive ketones (excluding diaryl/α,β-unsaturated/α-hetero) is 1. The summed E-state index contributed by atoms with van der Waals surface area (Å²) in [4.78, 5) is 20.8. The summed E-state index contributed by atoms with van der Waals surface area (Å²) in [6.07, 6.45) is 0. The van der Waals surface area contributed by atoms with Gasteiger partial charge in [-0.3, -0.25) is 9.59 Å². The summed E-state index contributed by atoms with van der Waals surface area (Å²) in [5.74, 6) is 0.928. The van der Waals surface area contributed by atoms with Crippen LogP contribution in [0, 0.1) is 0 Å². The topological polar surface area (TPSA) is 34.1 Å². The Hall–Kier alpha value is 0.0400. The molecule has 44 valence electrons. The van der Waals surface area contributed by atoms with Gasteiger partial charge in [-0.2, -0.15) is 0 Å². The van der Waals surface area contributed by atoms with Crippen molar-refractivity contribution in [2.24, 2.45) is 0 Å². The maximum atomic E-state index is 10.4. The van der Waals surface area contributed by atoms with Crippen LogP contribution >= 0.6 is 23.5 Å². The minimum Gasteiger partial charge on any atom is -0.298 e. The fourth-order valence-corrected chi connectivity index (χ4v) is 1.94. The van der Waals surface area contributed by atoms with Gasteiger partial charge >= 0.3 is 0 Å². The third-order valence-corrected chi connectivity index (χ3v) is 2.81. The molecule has 1 aliphatic rings. The second kappa shape index (κ2) is 2.55. The minimum atomic E-state index is 0.0737. The van der Waals surface area contributed by atoms with Gasteiger partial charge in [0.1, 0.15) is 0 Å². The molecule has 4 heteroatoms. The Bertz CT molecular complexity index is 104. The van der Waals surface area contributed by atoms with Gasteiger partial charge in [-0.05, 0) is 0 Å². The van der Waals surface area contributed by atoms with Gasteiger partial charge in [0, 0.05) is 0 Å². The molecule has 0 saturated carbocycles. The molecule has 1 saturated heterocycles. The molecule has 0 bridgehead atoms. The molecule has 0 aromatic heterocycles. The summed E-state index contributed by atoms with van der Waals surface area (Å²) >= 11 is 2.20. The van der Waals surface area contributed by atoms with Gasteiger partial charge in [0.15, 0.2) is 5.78 Å². The maximum Gasteiger partial charge on any atom is 0.246 e. The Labute approximate surface area is 55.4 Å². The van der Waals surface area contributed by atoms with Crippen LogP contribution in [0.3, 0.4) is 0 Å². The average Bonchev–Trinajstić information content (AvgIpc) is 1.77. The summed E-state index contributed by atoms with van der Waals surface area (Å²) in [6.45, 7) is 0. The van der Waals surface area contributed by atoms with Crippen molar-refractivity contribution in [1.29, 1.82) is 0 Å². The number of hydrogen-bond donors (Lipinski definition) is 0. The van der Waals surface area contributed by atoms with Crippen molar-refractivity contribution in [3.05, 3.63) is 0 Å². The molecule has 0 radical (unpaired) electrons. The van der Waals surface area contributed by atoms with Crippen molar-refractivity contribution >= 4 is 33.8 Å². The molecule has 0 amide bonds. The molecule has 8 heavy (non-hydrogen) atoms. The highest BCUT2D eigenvalue weighted by atomic mass is 32.2. The van der Waals surface area contributed by atoms with Crippen LogP contribution in [0.15, 0.2) is 0 Å². The third-order valence-electron chi connectivity index (χ3n) is 0.702. The Kier molecular flexibility index (Phi) is 1.96. The summed E-state index contributed by atoms with van der Waals surface area (Å²) in [6, 6.07) is 0. The van der Waals surface area contributed by atoms with Crippen LogP contribution in [0.25, 0.3) is 0 Å². The predicted molar refractivity (Wildman–Crippen MR) is 35.3 cm³/mol. The molecule has 0 aromatic rings. The second-order valence-electron chi connectivity index (χ2n) is 1.37. The summed E-state index contributed by atoms with van der Waals surface area (Å²) < 4.78 is 0.0737. The molecule has 0 aromatic carbocycles. The van der Waals surface area contributed by atoms with E-state index in [2.05, 4.69) is 0 Å². The molecular weight excluding hydrogens is 144 g/mol. The van der Waals surface area contributed by atoms with Crippen LogP contribution in [0.2, 0.25) is 0 Å². The quantitative estimate of drug-likeness (QED) is 0.516. The molecule has 2 nitrogen and oxygen atoms in total. The lowest BCUT2D eigenvalue weighted by Crippen LogP contribution is -2.11. The van der Waals surface area contributed by atoms with Crippen LogP contribution in [-0.4, -0.2) is 21.7 Å². The zero-order valence-electron chi connectivity index (χ0n) is 4.05. The van der Waals surface area contributed by atoms with E-state index >= 15 is 0 Å². The van der Waals surface area contributed by atoms with Crippen molar-refractivity contribution in [2.45, 2.75) is 0 Å². The first-order chi connectivity index (χ1) is 3.79. The van der Waals surface area contributed by atoms with Gasteiger partial charge in [0.2, 0.25) is 4.45 Å². The van der Waals surface area contributed by atoms with Crippen LogP contribution in [-0.2, 0) is 4.79 Å². The molecule has 0 spiro atoms. The van der Waals surface area contributed by atoms with Crippen molar-refractivity contribution in [3.63, 3.8) is 0 Å². The zero-order valence-corrected chi connectivity index (χ0v) is 5.68. The van der Waals surface area contributed by atoms with E-state index in [1.807, 2.05) is 0 Å². The van der Waals surface area contributed by atoms with Crippen molar-refractivity contribution in [3.8, 4) is 0 Å². The first-order valence-corrected chi connectivity index (χ1v) is 4.07. The van der Waals surface area contributed by atoms with E-state index < -0.39 is 0 Å². The number of hydrogen-bond acceptors (Lipinski definition) is 4. The first kappa shape index (κ1) is 6.16. The van der Waals surface area contributed by atoms with Gasteiger partial charge in [0.05, 0.1) is 11.5 Å². The van der Waals surface area contributed by atoms with Gasteiger partial charge in [-0.25, -0.2) is 0 Å². The summed E-state index contributed by atoms with van der Waals surface area (Å²) in [5, 5.41) is 0. The number of thioether (sulfide) groups is 2. The normalized spacial score (nSPS) is 21.5. The number of ketones is 1. The number of rotatable bonds is 0. The van der Waals surface area contributed by atoms with Crippen LogP contribution in [0.5, 0.6) is 0 Å². The first-order valence-electron chi connectivity index (χ1n) is 2.10. The fraction of sp³-hybridized carbons (Fsp3) is 0.500. The Morgan fingerprint density at radius 2 is 1.62 bits per heavy atom. The predicted octanol–water partition coefficient (Wildman–Crippen LogP) is 1.16. The van der Waals surface area contributed by atoms with Gasteiger partial charge < -0.3 is 0 Å². The Morgan fingerprint density at radius 1 is 1.12 bits per heavy atom. The highest BCUT2D eigenvalue weighted by Gasteiger charge is 2.15. The molecular formula is C4H4O2S2. The fourth-order valence-electron chi connectivity index (χ4n) is 0.362. The smallest absolute Gasteiger partial charge is 0.246 e. The van der Waals surface area contributed by atoms with Crippen molar-refractivity contribution in [2.75, 3.05) is 11.5 Å². The SMILES string of the molecule is O=C1CSC(=O)SC1. The van der Waals surface area contributed by atoms with E-state index in [-0.39, 0.29) is 10.2 Å². The van der Waals surface area contributed by atoms with Gasteiger partial charge in [-0.15, -0.1) is 0 Å². The third kappa shape index (κ3) is 1.52. The average molecular weight is 148 g/mol. The van der Waals surface area contributed by atoms with E-state index in [1.165, 1.54) is 0 Å². The molecule has 1 aliphatic heterocycles. The van der Waals surface area contributed by atoms with Crippen LogP contribution < -0.4 is 0 Å². The van der Waals surface area contributed by atoms with Crippen molar-refractivity contribution < 1.29 is 9.59 Å². The zero-order chi connectivity index (χ0) is 5.98. The van der Waals surface area contributed by atoms with E-state index in [0.29, 0.717) is 11.5 Å². The molecule has 1 rings (SSSR count). The summed E-state index contributed by atoms with van der Waals surface area (Å²) in [5.41, 5.74) is 0. The number of carbonyl (C=O) groups is 2. The van der Waals surface area contributed by atoms with E-state index in [1.54, 1.807) is 0 Å². The Balaban J connectivity index is 2.40. The molecule has 0 N–H and O–H groups in total. The molecule has 0 aliphatic carbocycles. The highest BCUT2D eigenvalue weighted by Crippen LogP contribution is 2.21. The van der Waals surface area contributed by atoms with Crippen LogP contribution in [0.4, 0.5) is 4.79 Å². The highest BCUT2D eigenvalue weighted by molar-refractivity contribution is 8.39. The molecule has 1 heterocycles. The lowest BCUT2D eigenvalue weighted by molar-refractivity contribution is -0.114. The maximum absolute atomic E-state index is 10.4. The molecule has 1 fully saturated rings. The standard InChI is InChI=1S/C4H4O2S2/c5-3-1-7-4(6)8-2-3/h1-2H2. The lowest BCUT2D eigenvalue weighted by Gasteiger charge is -2.03. The Morgan fingerprint density at radius 3 is 2.00 bits per heavy atom. The van der Waals surface area contributed by atoms with Crippen LogP contribution in [0.1, 0.15) is 0 Å². The second-order valence-corrected chi connectivity index (χ2v) is 3.52. The molecule has 0 unspecified atom stereocenters. The summed E-state index contributed by atoms with van der Waals surface area (Å²) in [7, 11) is 0. The number of carbonyl (C=O) groups excluding carboxylic acids is 2. The largest absolute Gasteiger partial charge is 0.298 e. The van der Waals surface area contributed by atoms with E-state index in [4.69, 9.17) is 0 Å². The van der Waals surface area contributed by atoms with Gasteiger partial charge in [0.25, 0.3) is 0 Å². The van der Waals surface area contributed by atoms with Crippen molar-refractivity contribution in [1.82, 2.24) is 0 Å². The van der Waals surface area contributed by atoms with Gasteiger partial charge in [-0.1, -0.05) is 23.5 Å². The lowest BCUT2D eigenvalue weighted by atomic mass is 10.5. The van der Waals surface area contributed by atoms with E-state index in [0.717, 1.165) is 23.5 Å². The minimum absolute atomic E-state index is 0.0737.